The van der Waals surface area contributed by atoms with Gasteiger partial charge in [0, 0.05) is 16.4 Å². The molecule has 5 rings (SSSR count). The highest BCUT2D eigenvalue weighted by molar-refractivity contribution is 6.30. The predicted octanol–water partition coefficient (Wildman–Crippen LogP) is 5.37. The molecule has 7 heteroatoms. The SMILES string of the molecule is Cc1cccc(NC(=O)c2c(N)n(-c3ccc(Cl)cc3)c3nc4ccccc4nc23)c1. The Kier molecular flexibility index (Phi) is 4.56. The van der Waals surface area contributed by atoms with Gasteiger partial charge in [-0.25, -0.2) is 9.97 Å². The number of halogens is 1. The minimum absolute atomic E-state index is 0.262. The lowest BCUT2D eigenvalue weighted by Crippen LogP contribution is -2.14. The summed E-state index contributed by atoms with van der Waals surface area (Å²) in [6, 6.07) is 22.3. The molecule has 0 bridgehead atoms. The lowest BCUT2D eigenvalue weighted by molar-refractivity contribution is 0.102. The van der Waals surface area contributed by atoms with E-state index in [-0.39, 0.29) is 17.3 Å². The van der Waals surface area contributed by atoms with Crippen LogP contribution in [-0.2, 0) is 0 Å². The number of nitrogens with zero attached hydrogens (tertiary/aromatic N) is 3. The van der Waals surface area contributed by atoms with E-state index in [1.165, 1.54) is 0 Å². The molecule has 5 aromatic rings. The van der Waals surface area contributed by atoms with Crippen molar-refractivity contribution >= 4 is 51.2 Å². The molecule has 152 valence electrons. The summed E-state index contributed by atoms with van der Waals surface area (Å²) in [7, 11) is 0. The number of nitrogens with one attached hydrogen (secondary N) is 1. The van der Waals surface area contributed by atoms with Gasteiger partial charge in [-0.3, -0.25) is 9.36 Å². The largest absolute Gasteiger partial charge is 0.384 e. The lowest BCUT2D eigenvalue weighted by atomic mass is 10.2. The second-order valence-electron chi connectivity index (χ2n) is 7.28. The molecule has 2 aromatic heterocycles. The van der Waals surface area contributed by atoms with E-state index in [9.17, 15) is 4.79 Å². The number of amides is 1. The summed E-state index contributed by atoms with van der Waals surface area (Å²) in [4.78, 5) is 22.8. The minimum atomic E-state index is -0.342. The first-order chi connectivity index (χ1) is 15.0. The van der Waals surface area contributed by atoms with Crippen LogP contribution in [0.5, 0.6) is 0 Å². The van der Waals surface area contributed by atoms with E-state index in [1.54, 1.807) is 16.7 Å². The summed E-state index contributed by atoms with van der Waals surface area (Å²) in [6.45, 7) is 1.97. The van der Waals surface area contributed by atoms with Crippen molar-refractivity contribution in [3.63, 3.8) is 0 Å². The molecule has 0 fully saturated rings. The molecular formula is C24H18ClN5O. The van der Waals surface area contributed by atoms with Crippen LogP contribution in [0.2, 0.25) is 5.02 Å². The average Bonchev–Trinajstić information content (AvgIpc) is 3.03. The van der Waals surface area contributed by atoms with Crippen molar-refractivity contribution in [1.82, 2.24) is 14.5 Å². The molecule has 0 aliphatic carbocycles. The zero-order chi connectivity index (χ0) is 21.5. The molecule has 0 radical (unpaired) electrons. The van der Waals surface area contributed by atoms with Crippen LogP contribution in [0.4, 0.5) is 11.5 Å². The second kappa shape index (κ2) is 7.41. The van der Waals surface area contributed by atoms with E-state index in [2.05, 4.69) is 5.32 Å². The first-order valence-electron chi connectivity index (χ1n) is 9.72. The molecule has 0 aliphatic heterocycles. The van der Waals surface area contributed by atoms with Gasteiger partial charge in [-0.2, -0.15) is 0 Å². The van der Waals surface area contributed by atoms with E-state index in [0.717, 1.165) is 11.3 Å². The van der Waals surface area contributed by atoms with Gasteiger partial charge in [0.15, 0.2) is 5.65 Å². The van der Waals surface area contributed by atoms with Gasteiger partial charge in [0.25, 0.3) is 5.91 Å². The predicted molar refractivity (Wildman–Crippen MR) is 125 cm³/mol. The molecule has 1 amide bonds. The van der Waals surface area contributed by atoms with E-state index < -0.39 is 0 Å². The molecule has 0 unspecified atom stereocenters. The monoisotopic (exact) mass is 427 g/mol. The Morgan fingerprint density at radius 2 is 1.68 bits per heavy atom. The molecule has 0 spiro atoms. The van der Waals surface area contributed by atoms with Gasteiger partial charge in [0.2, 0.25) is 0 Å². The molecular weight excluding hydrogens is 410 g/mol. The highest BCUT2D eigenvalue weighted by Gasteiger charge is 2.25. The Hall–Kier alpha value is -3.90. The molecule has 3 N–H and O–H groups in total. The quantitative estimate of drug-likeness (QED) is 0.405. The number of hydrogen-bond donors (Lipinski definition) is 2. The number of nitrogens with two attached hydrogens (primary N) is 1. The van der Waals surface area contributed by atoms with Gasteiger partial charge in [0.1, 0.15) is 16.9 Å². The van der Waals surface area contributed by atoms with Crippen LogP contribution in [0.1, 0.15) is 15.9 Å². The summed E-state index contributed by atoms with van der Waals surface area (Å²) < 4.78 is 1.73. The van der Waals surface area contributed by atoms with Crippen LogP contribution in [0.3, 0.4) is 0 Å². The highest BCUT2D eigenvalue weighted by atomic mass is 35.5. The van der Waals surface area contributed by atoms with Crippen LogP contribution in [0.25, 0.3) is 27.9 Å². The van der Waals surface area contributed by atoms with Crippen molar-refractivity contribution in [1.29, 1.82) is 0 Å². The first-order valence-corrected chi connectivity index (χ1v) is 10.1. The van der Waals surface area contributed by atoms with Crippen LogP contribution >= 0.6 is 11.6 Å². The fourth-order valence-corrected chi connectivity index (χ4v) is 3.78. The molecule has 2 heterocycles. The van der Waals surface area contributed by atoms with Gasteiger partial charge in [-0.05, 0) is 61.0 Å². The lowest BCUT2D eigenvalue weighted by Gasteiger charge is -2.08. The summed E-state index contributed by atoms with van der Waals surface area (Å²) in [5.74, 6) is -0.0804. The van der Waals surface area contributed by atoms with Crippen LogP contribution in [0.15, 0.2) is 72.8 Å². The van der Waals surface area contributed by atoms with E-state index in [1.807, 2.05) is 67.6 Å². The number of fused-ring (bicyclic) bond motifs is 2. The van der Waals surface area contributed by atoms with E-state index >= 15 is 0 Å². The highest BCUT2D eigenvalue weighted by Crippen LogP contribution is 2.32. The number of aryl methyl sites for hydroxylation is 1. The summed E-state index contributed by atoms with van der Waals surface area (Å²) in [6.07, 6.45) is 0. The number of anilines is 2. The number of aromatic nitrogens is 3. The normalized spacial score (nSPS) is 11.2. The number of hydrogen-bond acceptors (Lipinski definition) is 4. The third-order valence-corrected chi connectivity index (χ3v) is 5.34. The maximum absolute atomic E-state index is 13.3. The number of para-hydroxylation sites is 2. The maximum Gasteiger partial charge on any atom is 0.261 e. The van der Waals surface area contributed by atoms with Crippen molar-refractivity contribution in [2.75, 3.05) is 11.1 Å². The molecule has 3 aromatic carbocycles. The van der Waals surface area contributed by atoms with Gasteiger partial charge in [0.05, 0.1) is 11.0 Å². The minimum Gasteiger partial charge on any atom is -0.384 e. The first kappa shape index (κ1) is 19.1. The van der Waals surface area contributed by atoms with Crippen molar-refractivity contribution in [3.05, 3.63) is 88.9 Å². The average molecular weight is 428 g/mol. The third-order valence-electron chi connectivity index (χ3n) is 5.09. The van der Waals surface area contributed by atoms with Gasteiger partial charge in [-0.1, -0.05) is 35.9 Å². The summed E-state index contributed by atoms with van der Waals surface area (Å²) >= 11 is 6.06. The Labute approximate surface area is 183 Å². The number of nitrogen functional groups attached to an aromatic ring is 1. The van der Waals surface area contributed by atoms with E-state index in [0.29, 0.717) is 32.9 Å². The Bertz CT molecular complexity index is 1460. The van der Waals surface area contributed by atoms with Gasteiger partial charge < -0.3 is 11.1 Å². The van der Waals surface area contributed by atoms with Gasteiger partial charge >= 0.3 is 0 Å². The van der Waals surface area contributed by atoms with Crippen LogP contribution in [0, 0.1) is 6.92 Å². The van der Waals surface area contributed by atoms with Crippen molar-refractivity contribution < 1.29 is 4.79 Å². The van der Waals surface area contributed by atoms with E-state index in [4.69, 9.17) is 27.3 Å². The standard InChI is InChI=1S/C24H18ClN5O/c1-14-5-4-6-16(13-14)27-24(31)20-21-23(29-19-8-3-2-7-18(19)28-21)30(22(20)26)17-11-9-15(25)10-12-17/h2-13H,26H2,1H3,(H,27,31). The van der Waals surface area contributed by atoms with Crippen molar-refractivity contribution in [3.8, 4) is 5.69 Å². The zero-order valence-electron chi connectivity index (χ0n) is 16.6. The number of carbonyl (C=O) groups is 1. The fourth-order valence-electron chi connectivity index (χ4n) is 3.65. The molecule has 31 heavy (non-hydrogen) atoms. The maximum atomic E-state index is 13.3. The number of rotatable bonds is 3. The van der Waals surface area contributed by atoms with Crippen LogP contribution < -0.4 is 11.1 Å². The molecule has 0 aliphatic rings. The Balaban J connectivity index is 1.75. The van der Waals surface area contributed by atoms with Crippen molar-refractivity contribution in [2.24, 2.45) is 0 Å². The fraction of sp³-hybridized carbons (Fsp3) is 0.0417. The smallest absolute Gasteiger partial charge is 0.261 e. The second-order valence-corrected chi connectivity index (χ2v) is 7.72. The van der Waals surface area contributed by atoms with Crippen molar-refractivity contribution in [2.45, 2.75) is 6.92 Å². The van der Waals surface area contributed by atoms with Gasteiger partial charge in [-0.15, -0.1) is 0 Å². The zero-order valence-corrected chi connectivity index (χ0v) is 17.4. The Morgan fingerprint density at radius 1 is 0.968 bits per heavy atom. The topological polar surface area (TPSA) is 85.8 Å². The molecule has 0 atom stereocenters. The van der Waals surface area contributed by atoms with Crippen LogP contribution in [-0.4, -0.2) is 20.4 Å². The third kappa shape index (κ3) is 3.37. The Morgan fingerprint density at radius 3 is 2.39 bits per heavy atom. The summed E-state index contributed by atoms with van der Waals surface area (Å²) in [5.41, 5.74) is 11.6. The number of carbonyl (C=O) groups excluding carboxylic acids is 1. The molecule has 0 saturated heterocycles. The summed E-state index contributed by atoms with van der Waals surface area (Å²) in [5, 5.41) is 3.54. The number of benzene rings is 3. The molecule has 0 saturated carbocycles. The molecule has 6 nitrogen and oxygen atoms in total.